The van der Waals surface area contributed by atoms with Gasteiger partial charge in [-0.1, -0.05) is 11.2 Å². The summed E-state index contributed by atoms with van der Waals surface area (Å²) < 4.78 is 19.9. The Kier molecular flexibility index (Phi) is 3.96. The van der Waals surface area contributed by atoms with Gasteiger partial charge < -0.3 is 4.52 Å². The highest BCUT2D eigenvalue weighted by Gasteiger charge is 2.18. The first-order chi connectivity index (χ1) is 12.6. The minimum Gasteiger partial charge on any atom is -0.332 e. The highest BCUT2D eigenvalue weighted by Crippen LogP contribution is 2.30. The first kappa shape index (κ1) is 16.0. The second-order valence-corrected chi connectivity index (χ2v) is 5.78. The molecule has 6 nitrogen and oxygen atoms in total. The van der Waals surface area contributed by atoms with Crippen LogP contribution in [0, 0.1) is 19.7 Å². The highest BCUT2D eigenvalue weighted by atomic mass is 19.1. The molecule has 0 fully saturated rings. The van der Waals surface area contributed by atoms with Crippen molar-refractivity contribution in [1.29, 1.82) is 0 Å². The van der Waals surface area contributed by atoms with Crippen molar-refractivity contribution in [3.05, 3.63) is 66.0 Å². The van der Waals surface area contributed by atoms with Gasteiger partial charge in [0, 0.05) is 29.7 Å². The van der Waals surface area contributed by atoms with Crippen LogP contribution in [0.2, 0.25) is 0 Å². The molecule has 0 radical (unpaired) electrons. The molecule has 7 heteroatoms. The molecule has 4 rings (SSSR count). The maximum atomic E-state index is 14.7. The van der Waals surface area contributed by atoms with Crippen molar-refractivity contribution in [2.24, 2.45) is 0 Å². The molecule has 0 amide bonds. The summed E-state index contributed by atoms with van der Waals surface area (Å²) in [5, 5.41) is 3.96. The summed E-state index contributed by atoms with van der Waals surface area (Å²) in [4.78, 5) is 16.9. The van der Waals surface area contributed by atoms with Gasteiger partial charge in [-0.05, 0) is 43.7 Å². The molecule has 0 aromatic carbocycles. The van der Waals surface area contributed by atoms with Crippen molar-refractivity contribution in [2.75, 3.05) is 0 Å². The highest BCUT2D eigenvalue weighted by molar-refractivity contribution is 5.71. The summed E-state index contributed by atoms with van der Waals surface area (Å²) in [7, 11) is 0. The molecular weight excluding hydrogens is 333 g/mol. The molecule has 4 heterocycles. The molecule has 0 bridgehead atoms. The quantitative estimate of drug-likeness (QED) is 0.557. The van der Waals surface area contributed by atoms with Crippen LogP contribution in [-0.2, 0) is 0 Å². The standard InChI is InChI=1S/C19H14FN5O/c1-11-6-8-21-10-14(11)13-9-16(23-12(2)17(13)20)18-24-19(26-25-18)15-5-3-4-7-22-15/h3-10H,1-2H3. The van der Waals surface area contributed by atoms with Crippen LogP contribution in [0.5, 0.6) is 0 Å². The topological polar surface area (TPSA) is 77.6 Å². The molecule has 0 saturated heterocycles. The molecule has 128 valence electrons. The summed E-state index contributed by atoms with van der Waals surface area (Å²) in [5.41, 5.74) is 3.26. The average Bonchev–Trinajstić information content (AvgIpc) is 3.15. The zero-order chi connectivity index (χ0) is 18.1. The molecule has 0 aliphatic heterocycles. The lowest BCUT2D eigenvalue weighted by Crippen LogP contribution is -1.98. The molecule has 0 aliphatic rings. The average molecular weight is 347 g/mol. The fraction of sp³-hybridized carbons (Fsp3) is 0.105. The Labute approximate surface area is 148 Å². The summed E-state index contributed by atoms with van der Waals surface area (Å²) in [6.07, 6.45) is 4.94. The zero-order valence-electron chi connectivity index (χ0n) is 14.1. The molecule has 0 atom stereocenters. The number of pyridine rings is 3. The third kappa shape index (κ3) is 2.83. The van der Waals surface area contributed by atoms with E-state index in [0.29, 0.717) is 22.5 Å². The monoisotopic (exact) mass is 347 g/mol. The predicted octanol–water partition coefficient (Wildman–Crippen LogP) is 4.01. The molecule has 0 aliphatic carbocycles. The smallest absolute Gasteiger partial charge is 0.276 e. The van der Waals surface area contributed by atoms with E-state index in [0.717, 1.165) is 5.56 Å². The second kappa shape index (κ2) is 6.44. The van der Waals surface area contributed by atoms with Crippen LogP contribution < -0.4 is 0 Å². The van der Waals surface area contributed by atoms with E-state index in [1.54, 1.807) is 43.7 Å². The summed E-state index contributed by atoms with van der Waals surface area (Å²) in [5.74, 6) is 0.165. The SMILES string of the molecule is Cc1ccncc1-c1cc(-c2noc(-c3ccccn3)n2)nc(C)c1F. The fourth-order valence-corrected chi connectivity index (χ4v) is 2.63. The summed E-state index contributed by atoms with van der Waals surface area (Å²) >= 11 is 0. The summed E-state index contributed by atoms with van der Waals surface area (Å²) in [6, 6.07) is 8.84. The number of hydrogen-bond acceptors (Lipinski definition) is 6. The molecule has 0 spiro atoms. The number of hydrogen-bond donors (Lipinski definition) is 0. The van der Waals surface area contributed by atoms with Crippen LogP contribution in [0.1, 0.15) is 11.3 Å². The maximum Gasteiger partial charge on any atom is 0.276 e. The molecule has 4 aromatic heterocycles. The fourth-order valence-electron chi connectivity index (χ4n) is 2.63. The number of aromatic nitrogens is 5. The Bertz CT molecular complexity index is 1080. The van der Waals surface area contributed by atoms with Gasteiger partial charge in [0.25, 0.3) is 5.89 Å². The van der Waals surface area contributed by atoms with Crippen molar-refractivity contribution < 1.29 is 8.91 Å². The van der Waals surface area contributed by atoms with Crippen LogP contribution in [-0.4, -0.2) is 25.1 Å². The lowest BCUT2D eigenvalue weighted by Gasteiger charge is -2.09. The van der Waals surface area contributed by atoms with Gasteiger partial charge in [-0.3, -0.25) is 9.97 Å². The van der Waals surface area contributed by atoms with Crippen molar-refractivity contribution in [3.63, 3.8) is 0 Å². The minimum absolute atomic E-state index is 0.255. The number of aryl methyl sites for hydroxylation is 2. The molecule has 4 aromatic rings. The van der Waals surface area contributed by atoms with E-state index in [-0.39, 0.29) is 17.4 Å². The van der Waals surface area contributed by atoms with E-state index >= 15 is 0 Å². The van der Waals surface area contributed by atoms with Crippen LogP contribution in [0.15, 0.2) is 53.4 Å². The van der Waals surface area contributed by atoms with Gasteiger partial charge in [-0.25, -0.2) is 9.37 Å². The first-order valence-electron chi connectivity index (χ1n) is 7.97. The first-order valence-corrected chi connectivity index (χ1v) is 7.97. The van der Waals surface area contributed by atoms with E-state index < -0.39 is 5.82 Å². The lowest BCUT2D eigenvalue weighted by molar-refractivity contribution is 0.430. The number of nitrogens with zero attached hydrogens (tertiary/aromatic N) is 5. The van der Waals surface area contributed by atoms with E-state index in [1.807, 2.05) is 19.1 Å². The van der Waals surface area contributed by atoms with Crippen molar-refractivity contribution in [3.8, 4) is 34.2 Å². The van der Waals surface area contributed by atoms with E-state index in [2.05, 4.69) is 25.1 Å². The van der Waals surface area contributed by atoms with Gasteiger partial charge in [-0.15, -0.1) is 0 Å². The van der Waals surface area contributed by atoms with E-state index in [1.165, 1.54) is 0 Å². The summed E-state index contributed by atoms with van der Waals surface area (Å²) in [6.45, 7) is 3.51. The molecule has 0 unspecified atom stereocenters. The zero-order valence-corrected chi connectivity index (χ0v) is 14.1. The molecule has 0 saturated carbocycles. The largest absolute Gasteiger partial charge is 0.332 e. The van der Waals surface area contributed by atoms with Crippen molar-refractivity contribution >= 4 is 0 Å². The second-order valence-electron chi connectivity index (χ2n) is 5.78. The van der Waals surface area contributed by atoms with Crippen LogP contribution in [0.4, 0.5) is 4.39 Å². The molecule has 26 heavy (non-hydrogen) atoms. The van der Waals surface area contributed by atoms with Crippen LogP contribution >= 0.6 is 0 Å². The maximum absolute atomic E-state index is 14.7. The van der Waals surface area contributed by atoms with Crippen LogP contribution in [0.3, 0.4) is 0 Å². The number of halogens is 1. The Morgan fingerprint density at radius 3 is 2.62 bits per heavy atom. The van der Waals surface area contributed by atoms with Gasteiger partial charge in [0.2, 0.25) is 5.82 Å². The van der Waals surface area contributed by atoms with Gasteiger partial charge in [0.1, 0.15) is 11.4 Å². The van der Waals surface area contributed by atoms with Gasteiger partial charge in [0.15, 0.2) is 5.82 Å². The third-order valence-corrected chi connectivity index (χ3v) is 3.99. The van der Waals surface area contributed by atoms with Gasteiger partial charge >= 0.3 is 0 Å². The van der Waals surface area contributed by atoms with Gasteiger partial charge in [-0.2, -0.15) is 4.98 Å². The van der Waals surface area contributed by atoms with E-state index in [4.69, 9.17) is 4.52 Å². The Morgan fingerprint density at radius 1 is 0.962 bits per heavy atom. The molecule has 0 N–H and O–H groups in total. The number of rotatable bonds is 3. The van der Waals surface area contributed by atoms with Crippen molar-refractivity contribution in [1.82, 2.24) is 25.1 Å². The Balaban J connectivity index is 1.82. The van der Waals surface area contributed by atoms with E-state index in [9.17, 15) is 4.39 Å². The normalized spacial score (nSPS) is 10.9. The predicted molar refractivity (Wildman–Crippen MR) is 93.4 cm³/mol. The minimum atomic E-state index is -0.390. The lowest BCUT2D eigenvalue weighted by atomic mass is 10.0. The van der Waals surface area contributed by atoms with Gasteiger partial charge in [0.05, 0.1) is 5.69 Å². The molecular formula is C19H14FN5O. The van der Waals surface area contributed by atoms with Crippen LogP contribution in [0.25, 0.3) is 34.2 Å². The van der Waals surface area contributed by atoms with Crippen molar-refractivity contribution in [2.45, 2.75) is 13.8 Å². The Morgan fingerprint density at radius 2 is 1.85 bits per heavy atom. The Hall–Kier alpha value is -3.48. The third-order valence-electron chi connectivity index (χ3n) is 3.99.